The fourth-order valence-electron chi connectivity index (χ4n) is 7.72. The number of amides is 3. The van der Waals surface area contributed by atoms with Crippen LogP contribution in [0, 0.1) is 5.82 Å². The number of piperidine rings is 1. The second-order valence-corrected chi connectivity index (χ2v) is 14.2. The van der Waals surface area contributed by atoms with Crippen LogP contribution in [0.3, 0.4) is 0 Å². The molecule has 3 fully saturated rings. The number of aromatic nitrogens is 1. The van der Waals surface area contributed by atoms with E-state index in [4.69, 9.17) is 14.5 Å². The van der Waals surface area contributed by atoms with Crippen LogP contribution in [0.1, 0.15) is 68.6 Å². The third-order valence-corrected chi connectivity index (χ3v) is 10.4. The van der Waals surface area contributed by atoms with Crippen molar-refractivity contribution in [2.45, 2.75) is 83.6 Å². The van der Waals surface area contributed by atoms with Crippen molar-refractivity contribution in [3.63, 3.8) is 0 Å². The Morgan fingerprint density at radius 2 is 1.61 bits per heavy atom. The average Bonchev–Trinajstić information content (AvgIpc) is 3.08. The van der Waals surface area contributed by atoms with Crippen molar-refractivity contribution in [2.75, 3.05) is 64.0 Å². The van der Waals surface area contributed by atoms with Crippen LogP contribution in [0.15, 0.2) is 30.3 Å². The van der Waals surface area contributed by atoms with Crippen LogP contribution < -0.4 is 9.64 Å². The van der Waals surface area contributed by atoms with Gasteiger partial charge in [0.15, 0.2) is 0 Å². The van der Waals surface area contributed by atoms with Gasteiger partial charge in [-0.15, -0.1) is 0 Å². The van der Waals surface area contributed by atoms with Gasteiger partial charge in [-0.25, -0.2) is 14.2 Å². The number of likely N-dealkylation sites (tertiary alicyclic amines) is 1. The van der Waals surface area contributed by atoms with Crippen LogP contribution in [0.2, 0.25) is 0 Å². The maximum absolute atomic E-state index is 14.4. The first kappa shape index (κ1) is 35.0. The van der Waals surface area contributed by atoms with E-state index in [1.807, 2.05) is 24.8 Å². The van der Waals surface area contributed by atoms with E-state index in [2.05, 4.69) is 23.6 Å². The zero-order chi connectivity index (χ0) is 34.8. The summed E-state index contributed by atoms with van der Waals surface area (Å²) in [4.78, 5) is 54.7. The number of nitrogens with zero attached hydrogens (tertiary/aromatic N) is 6. The van der Waals surface area contributed by atoms with Crippen molar-refractivity contribution in [3.8, 4) is 5.88 Å². The molecule has 1 aromatic carbocycles. The number of hydrogen-bond acceptors (Lipinski definition) is 8. The average molecular weight is 681 g/mol. The van der Waals surface area contributed by atoms with Crippen molar-refractivity contribution in [1.82, 2.24) is 24.6 Å². The number of ether oxygens (including phenoxy) is 2. The zero-order valence-corrected chi connectivity index (χ0v) is 29.0. The minimum atomic E-state index is -0.961. The Morgan fingerprint density at radius 1 is 0.918 bits per heavy atom. The molecule has 5 heterocycles. The third-order valence-electron chi connectivity index (χ3n) is 10.4. The largest absolute Gasteiger partial charge is 0.474 e. The SMILES string of the molecule is CC1COc2nc(C(=O)N3CCCCC3)c(Cc3ccc(F)cc3)cc2N1C(=O)CN1C[C@@H](C)N(C(=O)O)C[C@@H]1CN1[C@H](C)COC[C@H]1C. The lowest BCUT2D eigenvalue weighted by Gasteiger charge is -2.48. The van der Waals surface area contributed by atoms with Gasteiger partial charge in [-0.3, -0.25) is 19.4 Å². The summed E-state index contributed by atoms with van der Waals surface area (Å²) in [6.07, 6.45) is 2.32. The summed E-state index contributed by atoms with van der Waals surface area (Å²) in [6.45, 7) is 12.2. The molecule has 3 saturated heterocycles. The van der Waals surface area contributed by atoms with Gasteiger partial charge in [0, 0.05) is 56.9 Å². The molecule has 1 unspecified atom stereocenters. The number of fused-ring (bicyclic) bond motifs is 1. The summed E-state index contributed by atoms with van der Waals surface area (Å²) in [5, 5.41) is 9.97. The molecule has 1 aromatic heterocycles. The molecule has 266 valence electrons. The van der Waals surface area contributed by atoms with E-state index in [9.17, 15) is 23.9 Å². The second kappa shape index (κ2) is 15.0. The first-order chi connectivity index (χ1) is 23.5. The highest BCUT2D eigenvalue weighted by Crippen LogP contribution is 2.36. The topological polar surface area (TPSA) is 119 Å². The highest BCUT2D eigenvalue weighted by Gasteiger charge is 2.40. The minimum Gasteiger partial charge on any atom is -0.474 e. The molecule has 13 heteroatoms. The predicted molar refractivity (Wildman–Crippen MR) is 182 cm³/mol. The molecule has 2 aromatic rings. The molecule has 0 aliphatic carbocycles. The Kier molecular flexibility index (Phi) is 10.7. The molecule has 12 nitrogen and oxygen atoms in total. The summed E-state index contributed by atoms with van der Waals surface area (Å²) >= 11 is 0. The minimum absolute atomic E-state index is 0.0844. The lowest BCUT2D eigenvalue weighted by Crippen LogP contribution is -2.65. The van der Waals surface area contributed by atoms with E-state index in [0.29, 0.717) is 69.3 Å². The van der Waals surface area contributed by atoms with Crippen molar-refractivity contribution in [1.29, 1.82) is 0 Å². The highest BCUT2D eigenvalue weighted by atomic mass is 19.1. The van der Waals surface area contributed by atoms with E-state index < -0.39 is 6.09 Å². The van der Waals surface area contributed by atoms with E-state index in [1.54, 1.807) is 17.0 Å². The third kappa shape index (κ3) is 7.68. The molecule has 49 heavy (non-hydrogen) atoms. The number of morpholine rings is 1. The molecule has 0 bridgehead atoms. The summed E-state index contributed by atoms with van der Waals surface area (Å²) in [5.74, 6) is -0.415. The smallest absolute Gasteiger partial charge is 0.407 e. The summed E-state index contributed by atoms with van der Waals surface area (Å²) in [7, 11) is 0. The Labute approximate surface area is 287 Å². The normalized spacial score (nSPS) is 26.6. The quantitative estimate of drug-likeness (QED) is 0.467. The first-order valence-electron chi connectivity index (χ1n) is 17.6. The number of halogens is 1. The van der Waals surface area contributed by atoms with Gasteiger partial charge in [0.1, 0.15) is 23.8 Å². The number of benzene rings is 1. The van der Waals surface area contributed by atoms with Crippen LogP contribution in [0.5, 0.6) is 5.88 Å². The van der Waals surface area contributed by atoms with E-state index in [1.165, 1.54) is 17.0 Å². The Balaban J connectivity index is 1.30. The summed E-state index contributed by atoms with van der Waals surface area (Å²) < 4.78 is 25.6. The van der Waals surface area contributed by atoms with Crippen molar-refractivity contribution in [3.05, 3.63) is 53.0 Å². The monoisotopic (exact) mass is 680 g/mol. The van der Waals surface area contributed by atoms with E-state index in [0.717, 1.165) is 24.8 Å². The number of hydrogen-bond donors (Lipinski definition) is 1. The fourth-order valence-corrected chi connectivity index (χ4v) is 7.72. The molecule has 6 rings (SSSR count). The van der Waals surface area contributed by atoms with Gasteiger partial charge < -0.3 is 29.3 Å². The number of carbonyl (C=O) groups excluding carboxylic acids is 2. The van der Waals surface area contributed by atoms with Crippen molar-refractivity contribution in [2.24, 2.45) is 0 Å². The van der Waals surface area contributed by atoms with Crippen molar-refractivity contribution >= 4 is 23.6 Å². The van der Waals surface area contributed by atoms with E-state index >= 15 is 0 Å². The maximum Gasteiger partial charge on any atom is 0.407 e. The molecule has 0 saturated carbocycles. The number of piperazine rings is 1. The van der Waals surface area contributed by atoms with Crippen molar-refractivity contribution < 1.29 is 33.4 Å². The van der Waals surface area contributed by atoms with Gasteiger partial charge in [0.05, 0.1) is 25.8 Å². The van der Waals surface area contributed by atoms with Crippen LogP contribution in [0.25, 0.3) is 0 Å². The van der Waals surface area contributed by atoms with Crippen LogP contribution in [0.4, 0.5) is 14.9 Å². The lowest BCUT2D eigenvalue weighted by atomic mass is 10.00. The zero-order valence-electron chi connectivity index (χ0n) is 29.0. The standard InChI is InChI=1S/C36H49FN6O6/c1-23-16-40(30(18-42(23)36(46)47)17-41-24(2)20-48-21-25(41)3)19-32(44)43-26(4)22-49-34-31(43)15-28(14-27-8-10-29(37)11-9-27)33(38-34)35(45)39-12-6-5-7-13-39/h8-11,15,23-26,30H,5-7,12-14,16-22H2,1-4H3,(H,46,47)/t23-,24-,25-,26?,30+/m1/s1. The Morgan fingerprint density at radius 3 is 2.29 bits per heavy atom. The van der Waals surface area contributed by atoms with E-state index in [-0.39, 0.29) is 66.9 Å². The molecule has 0 spiro atoms. The molecular formula is C36H49FN6O6. The molecule has 3 amide bonds. The molecule has 4 aliphatic rings. The Hall–Kier alpha value is -3.81. The first-order valence-corrected chi connectivity index (χ1v) is 17.6. The van der Waals surface area contributed by atoms with Crippen LogP contribution in [-0.4, -0.2) is 137 Å². The predicted octanol–water partition coefficient (Wildman–Crippen LogP) is 3.71. The van der Waals surface area contributed by atoms with Gasteiger partial charge in [0.25, 0.3) is 5.91 Å². The van der Waals surface area contributed by atoms with Crippen LogP contribution in [-0.2, 0) is 16.0 Å². The second-order valence-electron chi connectivity index (χ2n) is 14.2. The number of rotatable bonds is 7. The van der Waals surface area contributed by atoms with Gasteiger partial charge in [-0.2, -0.15) is 0 Å². The van der Waals surface area contributed by atoms with Gasteiger partial charge in [0.2, 0.25) is 11.8 Å². The molecular weight excluding hydrogens is 631 g/mol. The van der Waals surface area contributed by atoms with Crippen LogP contribution >= 0.6 is 0 Å². The van der Waals surface area contributed by atoms with Gasteiger partial charge in [-0.1, -0.05) is 12.1 Å². The molecule has 0 radical (unpaired) electrons. The number of anilines is 1. The van der Waals surface area contributed by atoms with Gasteiger partial charge in [-0.05, 0) is 82.7 Å². The molecule has 5 atom stereocenters. The maximum atomic E-state index is 14.4. The lowest BCUT2D eigenvalue weighted by molar-refractivity contribution is -0.122. The molecule has 4 aliphatic heterocycles. The fraction of sp³-hybridized carbons (Fsp3) is 0.611. The highest BCUT2D eigenvalue weighted by molar-refractivity contribution is 5.99. The Bertz CT molecular complexity index is 1510. The number of pyridine rings is 1. The van der Waals surface area contributed by atoms with Gasteiger partial charge >= 0.3 is 6.09 Å². The summed E-state index contributed by atoms with van der Waals surface area (Å²) in [6, 6.07) is 7.56. The number of carbonyl (C=O) groups is 3. The molecule has 1 N–H and O–H groups in total. The number of carboxylic acid groups (broad SMARTS) is 1. The summed E-state index contributed by atoms with van der Waals surface area (Å²) in [5.41, 5.74) is 2.26.